The number of benzene rings is 1. The van der Waals surface area contributed by atoms with E-state index in [-0.39, 0.29) is 11.6 Å². The Morgan fingerprint density at radius 3 is 2.62 bits per heavy atom. The summed E-state index contributed by atoms with van der Waals surface area (Å²) in [7, 11) is 0. The lowest BCUT2D eigenvalue weighted by atomic mass is 10.1. The van der Waals surface area contributed by atoms with Gasteiger partial charge >= 0.3 is 6.03 Å². The van der Waals surface area contributed by atoms with Crippen LogP contribution in [0.25, 0.3) is 0 Å². The third-order valence-electron chi connectivity index (χ3n) is 2.68. The number of hydrogen-bond donors (Lipinski definition) is 1. The molecule has 0 aromatic heterocycles. The number of nitrogens with one attached hydrogen (secondary N) is 1. The van der Waals surface area contributed by atoms with Crippen LogP contribution < -0.4 is 5.32 Å². The normalized spacial score (nSPS) is 18.5. The molecule has 1 fully saturated rings. The van der Waals surface area contributed by atoms with Crippen LogP contribution in [0, 0.1) is 0 Å². The molecule has 1 saturated heterocycles. The van der Waals surface area contributed by atoms with Crippen molar-refractivity contribution in [2.75, 3.05) is 18.7 Å². The van der Waals surface area contributed by atoms with Crippen molar-refractivity contribution >= 4 is 11.7 Å². The highest BCUT2D eigenvalue weighted by molar-refractivity contribution is 5.89. The number of rotatable bonds is 1. The molecule has 1 N–H and O–H groups in total. The first kappa shape index (κ1) is 11.0. The molecule has 0 saturated carbocycles. The Morgan fingerprint density at radius 1 is 1.38 bits per heavy atom. The lowest BCUT2D eigenvalue weighted by Gasteiger charge is -2.29. The van der Waals surface area contributed by atoms with Crippen LogP contribution in [-0.2, 0) is 4.74 Å². The second-order valence-corrected chi connectivity index (χ2v) is 4.51. The van der Waals surface area contributed by atoms with Crippen molar-refractivity contribution in [1.82, 2.24) is 4.90 Å². The minimum atomic E-state index is -0.237. The predicted molar refractivity (Wildman–Crippen MR) is 62.2 cm³/mol. The van der Waals surface area contributed by atoms with Gasteiger partial charge in [-0.25, -0.2) is 4.79 Å². The van der Waals surface area contributed by atoms with Crippen LogP contribution in [0.5, 0.6) is 0 Å². The number of hydrogen-bond acceptors (Lipinski definition) is 2. The molecular weight excluding hydrogens is 204 g/mol. The summed E-state index contributed by atoms with van der Waals surface area (Å²) in [5.41, 5.74) is 0.564. The van der Waals surface area contributed by atoms with Gasteiger partial charge in [0.15, 0.2) is 0 Å². The van der Waals surface area contributed by atoms with E-state index in [0.29, 0.717) is 13.3 Å². The molecule has 0 aliphatic carbocycles. The predicted octanol–water partition coefficient (Wildman–Crippen LogP) is 2.29. The Bertz CT molecular complexity index is 376. The standard InChI is InChI=1S/C12H16N2O2/c1-12(2)8-16-9-14(12)11(15)13-10-6-4-3-5-7-10/h3-7H,8-9H2,1-2H3,(H,13,15). The Labute approximate surface area is 95.2 Å². The molecule has 2 rings (SSSR count). The molecule has 4 heteroatoms. The number of carbonyl (C=O) groups is 1. The second kappa shape index (κ2) is 4.14. The van der Waals surface area contributed by atoms with E-state index < -0.39 is 0 Å². The van der Waals surface area contributed by atoms with E-state index in [1.165, 1.54) is 0 Å². The molecule has 0 spiro atoms. The fraction of sp³-hybridized carbons (Fsp3) is 0.417. The minimum absolute atomic E-state index is 0.117. The third kappa shape index (κ3) is 2.17. The highest BCUT2D eigenvalue weighted by Gasteiger charge is 2.36. The SMILES string of the molecule is CC1(C)COCN1C(=O)Nc1ccccc1. The Balaban J connectivity index is 2.04. The highest BCUT2D eigenvalue weighted by atomic mass is 16.5. The zero-order chi connectivity index (χ0) is 11.6. The molecule has 1 aliphatic heterocycles. The van der Waals surface area contributed by atoms with Crippen molar-refractivity contribution in [3.8, 4) is 0 Å². The van der Waals surface area contributed by atoms with E-state index >= 15 is 0 Å². The average molecular weight is 220 g/mol. The van der Waals surface area contributed by atoms with Gasteiger partial charge in [0.25, 0.3) is 0 Å². The van der Waals surface area contributed by atoms with Gasteiger partial charge in [0.1, 0.15) is 6.73 Å². The molecule has 1 aromatic carbocycles. The Morgan fingerprint density at radius 2 is 2.06 bits per heavy atom. The maximum atomic E-state index is 12.0. The molecule has 4 nitrogen and oxygen atoms in total. The lowest BCUT2D eigenvalue weighted by molar-refractivity contribution is 0.147. The molecule has 16 heavy (non-hydrogen) atoms. The van der Waals surface area contributed by atoms with Crippen molar-refractivity contribution in [2.24, 2.45) is 0 Å². The molecule has 86 valence electrons. The summed E-state index contributed by atoms with van der Waals surface area (Å²) >= 11 is 0. The molecule has 1 aromatic rings. The number of ether oxygens (including phenoxy) is 1. The Kier molecular flexibility index (Phi) is 2.83. The molecular formula is C12H16N2O2. The van der Waals surface area contributed by atoms with Gasteiger partial charge in [-0.05, 0) is 26.0 Å². The second-order valence-electron chi connectivity index (χ2n) is 4.51. The maximum absolute atomic E-state index is 12.0. The summed E-state index contributed by atoms with van der Waals surface area (Å²) in [6.07, 6.45) is 0. The monoisotopic (exact) mass is 220 g/mol. The topological polar surface area (TPSA) is 41.6 Å². The van der Waals surface area contributed by atoms with Crippen LogP contribution in [0.4, 0.5) is 10.5 Å². The van der Waals surface area contributed by atoms with E-state index in [4.69, 9.17) is 4.74 Å². The molecule has 0 atom stereocenters. The number of para-hydroxylation sites is 1. The smallest absolute Gasteiger partial charge is 0.324 e. The van der Waals surface area contributed by atoms with Crippen molar-refractivity contribution < 1.29 is 9.53 Å². The molecule has 1 heterocycles. The first-order chi connectivity index (χ1) is 7.59. The molecule has 0 bridgehead atoms. The number of urea groups is 1. The quantitative estimate of drug-likeness (QED) is 0.789. The fourth-order valence-electron chi connectivity index (χ4n) is 1.69. The van der Waals surface area contributed by atoms with Crippen molar-refractivity contribution in [2.45, 2.75) is 19.4 Å². The first-order valence-corrected chi connectivity index (χ1v) is 5.31. The van der Waals surface area contributed by atoms with E-state index in [9.17, 15) is 4.79 Å². The summed E-state index contributed by atoms with van der Waals surface area (Å²) in [5, 5.41) is 2.85. The first-order valence-electron chi connectivity index (χ1n) is 5.31. The number of nitrogens with zero attached hydrogens (tertiary/aromatic N) is 1. The zero-order valence-corrected chi connectivity index (χ0v) is 9.56. The van der Waals surface area contributed by atoms with Gasteiger partial charge in [0.2, 0.25) is 0 Å². The maximum Gasteiger partial charge on any atom is 0.324 e. The fourth-order valence-corrected chi connectivity index (χ4v) is 1.69. The lowest BCUT2D eigenvalue weighted by Crippen LogP contribution is -2.46. The third-order valence-corrected chi connectivity index (χ3v) is 2.68. The summed E-state index contributed by atoms with van der Waals surface area (Å²) in [4.78, 5) is 13.7. The van der Waals surface area contributed by atoms with Gasteiger partial charge in [0, 0.05) is 5.69 Å². The zero-order valence-electron chi connectivity index (χ0n) is 9.56. The van der Waals surface area contributed by atoms with Crippen molar-refractivity contribution in [3.05, 3.63) is 30.3 Å². The molecule has 1 aliphatic rings. The summed E-state index contributed by atoms with van der Waals surface area (Å²) in [5.74, 6) is 0. The summed E-state index contributed by atoms with van der Waals surface area (Å²) in [6, 6.07) is 9.30. The number of carbonyl (C=O) groups excluding carboxylic acids is 1. The van der Waals surface area contributed by atoms with Crippen LogP contribution in [0.1, 0.15) is 13.8 Å². The van der Waals surface area contributed by atoms with E-state index in [1.54, 1.807) is 4.90 Å². The van der Waals surface area contributed by atoms with Crippen LogP contribution in [-0.4, -0.2) is 29.8 Å². The van der Waals surface area contributed by atoms with Crippen LogP contribution in [0.3, 0.4) is 0 Å². The van der Waals surface area contributed by atoms with Gasteiger partial charge < -0.3 is 10.1 Å². The highest BCUT2D eigenvalue weighted by Crippen LogP contribution is 2.22. The average Bonchev–Trinajstić information content (AvgIpc) is 2.59. The minimum Gasteiger partial charge on any atom is -0.359 e. The van der Waals surface area contributed by atoms with Crippen LogP contribution in [0.2, 0.25) is 0 Å². The van der Waals surface area contributed by atoms with Crippen molar-refractivity contribution in [1.29, 1.82) is 0 Å². The molecule has 0 unspecified atom stereocenters. The van der Waals surface area contributed by atoms with Gasteiger partial charge in [-0.3, -0.25) is 4.90 Å². The Hall–Kier alpha value is -1.55. The molecule has 2 amide bonds. The number of amides is 2. The van der Waals surface area contributed by atoms with Crippen LogP contribution in [0.15, 0.2) is 30.3 Å². The van der Waals surface area contributed by atoms with Crippen molar-refractivity contribution in [3.63, 3.8) is 0 Å². The molecule has 0 radical (unpaired) electrons. The summed E-state index contributed by atoms with van der Waals surface area (Å²) < 4.78 is 5.30. The van der Waals surface area contributed by atoms with Gasteiger partial charge in [-0.15, -0.1) is 0 Å². The van der Waals surface area contributed by atoms with E-state index in [0.717, 1.165) is 5.69 Å². The summed E-state index contributed by atoms with van der Waals surface area (Å²) in [6.45, 7) is 4.91. The number of anilines is 1. The van der Waals surface area contributed by atoms with E-state index in [1.807, 2.05) is 44.2 Å². The van der Waals surface area contributed by atoms with Gasteiger partial charge in [-0.2, -0.15) is 0 Å². The van der Waals surface area contributed by atoms with Gasteiger partial charge in [0.05, 0.1) is 12.1 Å². The largest absolute Gasteiger partial charge is 0.359 e. The van der Waals surface area contributed by atoms with Gasteiger partial charge in [-0.1, -0.05) is 18.2 Å². The van der Waals surface area contributed by atoms with E-state index in [2.05, 4.69) is 5.32 Å². The van der Waals surface area contributed by atoms with Crippen LogP contribution >= 0.6 is 0 Å².